The number of nitro benzene ring substituents is 1. The van der Waals surface area contributed by atoms with Crippen molar-refractivity contribution in [2.24, 2.45) is 0 Å². The number of rotatable bonds is 6. The monoisotopic (exact) mass is 536 g/mol. The molecule has 0 saturated carbocycles. The van der Waals surface area contributed by atoms with Crippen LogP contribution < -0.4 is 14.8 Å². The number of ether oxygens (including phenoxy) is 1. The number of para-hydroxylation sites is 1. The number of fused-ring (bicyclic) bond motifs is 1. The molecule has 0 radical (unpaired) electrons. The second-order valence-corrected chi connectivity index (χ2v) is 9.78. The second-order valence-electron chi connectivity index (χ2n) is 8.77. The van der Waals surface area contributed by atoms with Gasteiger partial charge in [-0.3, -0.25) is 14.9 Å². The molecule has 0 aliphatic carbocycles. The van der Waals surface area contributed by atoms with Crippen molar-refractivity contribution in [2.75, 3.05) is 7.11 Å². The van der Waals surface area contributed by atoms with Gasteiger partial charge >= 0.3 is 5.69 Å². The summed E-state index contributed by atoms with van der Waals surface area (Å²) in [6, 6.07) is 21.9. The lowest BCUT2D eigenvalue weighted by Gasteiger charge is -2.04. The van der Waals surface area contributed by atoms with Crippen LogP contribution in [0.5, 0.6) is 5.75 Å². The van der Waals surface area contributed by atoms with E-state index in [-0.39, 0.29) is 17.0 Å². The largest absolute Gasteiger partial charge is 0.490 e. The summed E-state index contributed by atoms with van der Waals surface area (Å²) in [5.74, 6) is 0.626. The van der Waals surface area contributed by atoms with E-state index < -0.39 is 4.92 Å². The highest BCUT2D eigenvalue weighted by Gasteiger charge is 2.20. The molecule has 192 valence electrons. The Labute approximate surface area is 225 Å². The van der Waals surface area contributed by atoms with Crippen LogP contribution in [0.2, 0.25) is 0 Å². The Morgan fingerprint density at radius 3 is 2.44 bits per heavy atom. The topological polar surface area (TPSA) is 117 Å². The maximum atomic E-state index is 13.3. The molecule has 39 heavy (non-hydrogen) atoms. The van der Waals surface area contributed by atoms with E-state index in [0.29, 0.717) is 32.1 Å². The van der Waals surface area contributed by atoms with Gasteiger partial charge in [0.15, 0.2) is 11.6 Å². The average Bonchev–Trinajstić information content (AvgIpc) is 3.64. The summed E-state index contributed by atoms with van der Waals surface area (Å²) in [5.41, 5.74) is 3.86. The van der Waals surface area contributed by atoms with E-state index in [1.54, 1.807) is 23.0 Å². The summed E-state index contributed by atoms with van der Waals surface area (Å²) < 4.78 is 8.54. The van der Waals surface area contributed by atoms with Gasteiger partial charge in [0.25, 0.3) is 5.56 Å². The number of aryl methyl sites for hydroxylation is 1. The van der Waals surface area contributed by atoms with Gasteiger partial charge in [0.05, 0.1) is 22.3 Å². The molecule has 11 heteroatoms. The first-order chi connectivity index (χ1) is 18.9. The lowest BCUT2D eigenvalue weighted by atomic mass is 10.1. The Kier molecular flexibility index (Phi) is 5.97. The third-order valence-corrected chi connectivity index (χ3v) is 7.15. The number of nitrogens with zero attached hydrogens (tertiary/aromatic N) is 6. The normalized spacial score (nSPS) is 11.8. The molecule has 6 rings (SSSR count). The van der Waals surface area contributed by atoms with E-state index in [1.165, 1.54) is 35.1 Å². The number of methoxy groups -OCH3 is 1. The molecule has 0 fully saturated rings. The minimum Gasteiger partial charge on any atom is -0.490 e. The smallest absolute Gasteiger partial charge is 0.311 e. The Morgan fingerprint density at radius 1 is 1.00 bits per heavy atom. The van der Waals surface area contributed by atoms with E-state index in [1.807, 2.05) is 61.5 Å². The predicted octanol–water partition coefficient (Wildman–Crippen LogP) is 4.44. The van der Waals surface area contributed by atoms with E-state index in [0.717, 1.165) is 16.8 Å². The van der Waals surface area contributed by atoms with Gasteiger partial charge in [-0.15, -0.1) is 5.10 Å². The van der Waals surface area contributed by atoms with Gasteiger partial charge in [-0.1, -0.05) is 59.4 Å². The second kappa shape index (κ2) is 9.62. The Hall–Kier alpha value is -5.16. The molecule has 0 amide bonds. The van der Waals surface area contributed by atoms with Crippen LogP contribution in [0.4, 0.5) is 5.69 Å². The van der Waals surface area contributed by atoms with Gasteiger partial charge in [-0.2, -0.15) is 14.6 Å². The Bertz CT molecular complexity index is 1960. The molecule has 6 aromatic rings. The van der Waals surface area contributed by atoms with Gasteiger partial charge in [0.1, 0.15) is 5.69 Å². The Balaban J connectivity index is 1.50. The van der Waals surface area contributed by atoms with Crippen molar-refractivity contribution in [1.82, 2.24) is 24.4 Å². The summed E-state index contributed by atoms with van der Waals surface area (Å²) in [6.07, 6.45) is 3.50. The van der Waals surface area contributed by atoms with Crippen molar-refractivity contribution in [3.63, 3.8) is 0 Å². The molecule has 0 aliphatic heterocycles. The van der Waals surface area contributed by atoms with Crippen LogP contribution in [0.1, 0.15) is 11.1 Å². The van der Waals surface area contributed by atoms with Crippen LogP contribution in [0, 0.1) is 17.0 Å². The average molecular weight is 537 g/mol. The highest BCUT2D eigenvalue weighted by atomic mass is 32.1. The van der Waals surface area contributed by atoms with Gasteiger partial charge in [0, 0.05) is 29.0 Å². The van der Waals surface area contributed by atoms with Crippen LogP contribution >= 0.6 is 11.3 Å². The molecular formula is C28H20N6O4S. The SMILES string of the molecule is COc1ccc(-c2nn(-c3ccccc3)cc2/C=c2\sc3nc(-c4ccc(C)cc4)nn3c2=O)cc1[N+](=O)[O-]. The molecule has 0 bridgehead atoms. The first-order valence-electron chi connectivity index (χ1n) is 11.9. The minimum atomic E-state index is -0.499. The molecule has 3 aromatic carbocycles. The van der Waals surface area contributed by atoms with E-state index >= 15 is 0 Å². The zero-order chi connectivity index (χ0) is 27.1. The maximum absolute atomic E-state index is 13.3. The molecule has 0 aliphatic rings. The third kappa shape index (κ3) is 4.44. The van der Waals surface area contributed by atoms with Crippen molar-refractivity contribution in [1.29, 1.82) is 0 Å². The first-order valence-corrected chi connectivity index (χ1v) is 12.7. The van der Waals surface area contributed by atoms with Crippen LogP contribution in [0.15, 0.2) is 83.8 Å². The predicted molar refractivity (Wildman–Crippen MR) is 148 cm³/mol. The summed E-state index contributed by atoms with van der Waals surface area (Å²) in [4.78, 5) is 29.5. The number of hydrogen-bond acceptors (Lipinski definition) is 8. The van der Waals surface area contributed by atoms with Gasteiger partial charge in [0.2, 0.25) is 4.96 Å². The van der Waals surface area contributed by atoms with E-state index in [4.69, 9.17) is 9.84 Å². The Morgan fingerprint density at radius 2 is 1.74 bits per heavy atom. The molecule has 0 saturated heterocycles. The number of aromatic nitrogens is 5. The third-order valence-electron chi connectivity index (χ3n) is 6.19. The van der Waals surface area contributed by atoms with Gasteiger partial charge in [-0.25, -0.2) is 4.68 Å². The number of hydrogen-bond donors (Lipinski definition) is 0. The number of benzene rings is 3. The van der Waals surface area contributed by atoms with Crippen molar-refractivity contribution in [2.45, 2.75) is 6.92 Å². The fourth-order valence-corrected chi connectivity index (χ4v) is 5.11. The lowest BCUT2D eigenvalue weighted by molar-refractivity contribution is -0.385. The molecule has 0 spiro atoms. The quantitative estimate of drug-likeness (QED) is 0.228. The molecular weight excluding hydrogens is 516 g/mol. The zero-order valence-corrected chi connectivity index (χ0v) is 21.6. The molecule has 3 aromatic heterocycles. The highest BCUT2D eigenvalue weighted by molar-refractivity contribution is 7.15. The van der Waals surface area contributed by atoms with Crippen LogP contribution in [0.3, 0.4) is 0 Å². The highest BCUT2D eigenvalue weighted by Crippen LogP contribution is 2.33. The summed E-state index contributed by atoms with van der Waals surface area (Å²) in [7, 11) is 1.38. The summed E-state index contributed by atoms with van der Waals surface area (Å²) in [6.45, 7) is 2.00. The van der Waals surface area contributed by atoms with Crippen molar-refractivity contribution in [3.8, 4) is 34.1 Å². The van der Waals surface area contributed by atoms with E-state index in [2.05, 4.69) is 10.1 Å². The van der Waals surface area contributed by atoms with Crippen molar-refractivity contribution in [3.05, 3.63) is 115 Å². The van der Waals surface area contributed by atoms with E-state index in [9.17, 15) is 14.9 Å². The summed E-state index contributed by atoms with van der Waals surface area (Å²) >= 11 is 1.22. The zero-order valence-electron chi connectivity index (χ0n) is 20.8. The molecule has 0 unspecified atom stereocenters. The van der Waals surface area contributed by atoms with Crippen LogP contribution in [-0.2, 0) is 0 Å². The standard InChI is InChI=1S/C28H20N6O4S/c1-17-8-10-18(11-9-17)26-29-28-33(31-26)27(35)24(39-28)15-20-16-32(21-6-4-3-5-7-21)30-25(20)19-12-13-23(38-2)22(14-19)34(36)37/h3-16H,1-2H3/b24-15-. The molecule has 10 nitrogen and oxygen atoms in total. The lowest BCUT2D eigenvalue weighted by Crippen LogP contribution is -2.23. The fraction of sp³-hybridized carbons (Fsp3) is 0.0714. The number of nitro groups is 1. The van der Waals surface area contributed by atoms with Crippen LogP contribution in [-0.4, -0.2) is 36.4 Å². The van der Waals surface area contributed by atoms with Crippen LogP contribution in [0.25, 0.3) is 39.4 Å². The van der Waals surface area contributed by atoms with Gasteiger partial charge in [-0.05, 0) is 37.3 Å². The van der Waals surface area contributed by atoms with Crippen molar-refractivity contribution >= 4 is 28.1 Å². The number of thiazole rings is 1. The minimum absolute atomic E-state index is 0.147. The molecule has 0 atom stereocenters. The van der Waals surface area contributed by atoms with Crippen molar-refractivity contribution < 1.29 is 9.66 Å². The van der Waals surface area contributed by atoms with Gasteiger partial charge < -0.3 is 4.74 Å². The molecule has 3 heterocycles. The molecule has 0 N–H and O–H groups in total. The summed E-state index contributed by atoms with van der Waals surface area (Å²) in [5, 5.41) is 20.8. The fourth-order valence-electron chi connectivity index (χ4n) is 4.21. The maximum Gasteiger partial charge on any atom is 0.311 e. The first kappa shape index (κ1) is 24.2.